The smallest absolute Gasteiger partial charge is 0.282 e. The molecule has 0 aliphatic carbocycles. The number of imide groups is 1. The van der Waals surface area contributed by atoms with Crippen LogP contribution in [0.3, 0.4) is 0 Å². The van der Waals surface area contributed by atoms with Crippen LogP contribution in [0.4, 0.5) is 5.69 Å². The number of fused-ring (bicyclic) bond motifs is 1. The summed E-state index contributed by atoms with van der Waals surface area (Å²) in [5.74, 6) is -1.04. The van der Waals surface area contributed by atoms with Gasteiger partial charge in [-0.3, -0.25) is 34.2 Å². The van der Waals surface area contributed by atoms with Crippen molar-refractivity contribution >= 4 is 27.3 Å². The Morgan fingerprint density at radius 3 is 2.59 bits per heavy atom. The van der Waals surface area contributed by atoms with Gasteiger partial charge in [-0.25, -0.2) is 8.42 Å². The summed E-state index contributed by atoms with van der Waals surface area (Å²) in [6.45, 7) is 4.03. The van der Waals surface area contributed by atoms with Gasteiger partial charge in [-0.15, -0.1) is 0 Å². The Balaban J connectivity index is 1.52. The van der Waals surface area contributed by atoms with Crippen LogP contribution < -0.4 is 0 Å². The molecule has 11 nitrogen and oxygen atoms in total. The first-order chi connectivity index (χ1) is 15.0. The van der Waals surface area contributed by atoms with Crippen LogP contribution in [-0.2, 0) is 16.4 Å². The minimum atomic E-state index is -3.05. The molecule has 1 atom stereocenters. The molecule has 12 heteroatoms. The Bertz CT molecular complexity index is 1250. The fraction of sp³-hybridized carbons (Fsp3) is 0.450. The molecule has 2 aliphatic rings. The third-order valence-electron chi connectivity index (χ3n) is 6.01. The molecule has 0 unspecified atom stereocenters. The lowest BCUT2D eigenvalue weighted by atomic mass is 10.1. The van der Waals surface area contributed by atoms with Crippen LogP contribution in [0.1, 0.15) is 50.1 Å². The van der Waals surface area contributed by atoms with Crippen molar-refractivity contribution in [3.8, 4) is 0 Å². The van der Waals surface area contributed by atoms with Gasteiger partial charge >= 0.3 is 0 Å². The van der Waals surface area contributed by atoms with E-state index in [2.05, 4.69) is 5.10 Å². The van der Waals surface area contributed by atoms with Crippen molar-refractivity contribution in [3.05, 3.63) is 56.4 Å². The highest BCUT2D eigenvalue weighted by Crippen LogP contribution is 2.31. The SMILES string of the molecule is Cc1nn([C@H]2CCS(=O)(=O)C2)c(C)c1CN(C)CN1C(=O)c2cccc([N+](=O)[O-])c2C1=O. The van der Waals surface area contributed by atoms with Crippen LogP contribution in [0, 0.1) is 24.0 Å². The average Bonchev–Trinajstić information content (AvgIpc) is 3.31. The molecule has 2 amide bonds. The summed E-state index contributed by atoms with van der Waals surface area (Å²) in [5, 5.41) is 15.8. The van der Waals surface area contributed by atoms with Crippen LogP contribution >= 0.6 is 0 Å². The topological polar surface area (TPSA) is 136 Å². The summed E-state index contributed by atoms with van der Waals surface area (Å²) < 4.78 is 25.5. The number of aromatic nitrogens is 2. The highest BCUT2D eigenvalue weighted by Gasteiger charge is 2.41. The minimum Gasteiger partial charge on any atom is -0.284 e. The fourth-order valence-corrected chi connectivity index (χ4v) is 6.10. The first-order valence-corrected chi connectivity index (χ1v) is 11.9. The number of nitrogens with zero attached hydrogens (tertiary/aromatic N) is 5. The van der Waals surface area contributed by atoms with Gasteiger partial charge in [-0.2, -0.15) is 5.10 Å². The average molecular weight is 462 g/mol. The summed E-state index contributed by atoms with van der Waals surface area (Å²) in [6.07, 6.45) is 0.521. The predicted molar refractivity (Wildman–Crippen MR) is 114 cm³/mol. The van der Waals surface area contributed by atoms with E-state index in [1.54, 1.807) is 16.6 Å². The van der Waals surface area contributed by atoms with Crippen molar-refractivity contribution in [3.63, 3.8) is 0 Å². The van der Waals surface area contributed by atoms with Crippen LogP contribution in [0.5, 0.6) is 0 Å². The number of amides is 2. The number of benzene rings is 1. The molecule has 0 bridgehead atoms. The van der Waals surface area contributed by atoms with Crippen LogP contribution in [0.15, 0.2) is 18.2 Å². The molecule has 1 aromatic carbocycles. The number of nitro benzene ring substituents is 1. The normalized spacial score (nSPS) is 19.8. The summed E-state index contributed by atoms with van der Waals surface area (Å²) in [5.41, 5.74) is 1.94. The predicted octanol–water partition coefficient (Wildman–Crippen LogP) is 1.45. The molecule has 0 N–H and O–H groups in total. The van der Waals surface area contributed by atoms with Crippen molar-refractivity contribution < 1.29 is 22.9 Å². The van der Waals surface area contributed by atoms with Crippen LogP contribution in [0.25, 0.3) is 0 Å². The van der Waals surface area contributed by atoms with Crippen LogP contribution in [-0.4, -0.2) is 70.0 Å². The highest BCUT2D eigenvalue weighted by atomic mass is 32.2. The number of rotatable bonds is 6. The maximum Gasteiger partial charge on any atom is 0.282 e. The molecule has 4 rings (SSSR count). The first kappa shape index (κ1) is 22.1. The number of hydrogen-bond donors (Lipinski definition) is 0. The van der Waals surface area contributed by atoms with Crippen molar-refractivity contribution in [2.75, 3.05) is 25.2 Å². The van der Waals surface area contributed by atoms with Gasteiger partial charge in [0.1, 0.15) is 5.56 Å². The Kier molecular flexibility index (Phi) is 5.37. The molecule has 0 radical (unpaired) electrons. The summed E-state index contributed by atoms with van der Waals surface area (Å²) >= 11 is 0. The molecule has 1 saturated heterocycles. The minimum absolute atomic E-state index is 0.0280. The second-order valence-electron chi connectivity index (χ2n) is 8.30. The molecule has 1 fully saturated rings. The van der Waals surface area contributed by atoms with Gasteiger partial charge in [-0.05, 0) is 33.4 Å². The molecule has 0 spiro atoms. The van der Waals surface area contributed by atoms with E-state index in [4.69, 9.17) is 0 Å². The van der Waals surface area contributed by atoms with E-state index < -0.39 is 26.6 Å². The van der Waals surface area contributed by atoms with E-state index in [1.807, 2.05) is 13.8 Å². The van der Waals surface area contributed by atoms with Crippen molar-refractivity contribution in [1.82, 2.24) is 19.6 Å². The summed E-state index contributed by atoms with van der Waals surface area (Å²) in [4.78, 5) is 38.9. The van der Waals surface area contributed by atoms with E-state index >= 15 is 0 Å². The van der Waals surface area contributed by atoms with E-state index in [-0.39, 0.29) is 41.0 Å². The molecular weight excluding hydrogens is 438 g/mol. The molecular formula is C20H23N5O6S. The lowest BCUT2D eigenvalue weighted by Gasteiger charge is -2.23. The van der Waals surface area contributed by atoms with Gasteiger partial charge in [-0.1, -0.05) is 6.07 Å². The molecule has 170 valence electrons. The van der Waals surface area contributed by atoms with E-state index in [1.165, 1.54) is 18.2 Å². The molecule has 0 saturated carbocycles. The monoisotopic (exact) mass is 461 g/mol. The maximum atomic E-state index is 12.8. The standard InChI is InChI=1S/C20H23N5O6S/c1-12-16(13(2)24(21-12)14-7-8-32(30,31)10-14)9-22(3)11-23-19(26)15-5-4-6-17(25(28)29)18(15)20(23)27/h4-6,14H,7-11H2,1-3H3/t14-/m0/s1. The number of nitro groups is 1. The molecule has 32 heavy (non-hydrogen) atoms. The first-order valence-electron chi connectivity index (χ1n) is 10.1. The second kappa shape index (κ2) is 7.78. The summed E-state index contributed by atoms with van der Waals surface area (Å²) in [7, 11) is -1.32. The van der Waals surface area contributed by atoms with E-state index in [0.717, 1.165) is 21.9 Å². The Morgan fingerprint density at radius 2 is 1.97 bits per heavy atom. The fourth-order valence-electron chi connectivity index (χ4n) is 4.41. The third kappa shape index (κ3) is 3.69. The van der Waals surface area contributed by atoms with Gasteiger partial charge in [0.2, 0.25) is 0 Å². The van der Waals surface area contributed by atoms with Crippen molar-refractivity contribution in [2.45, 2.75) is 32.9 Å². The van der Waals surface area contributed by atoms with Crippen LogP contribution in [0.2, 0.25) is 0 Å². The highest BCUT2D eigenvalue weighted by molar-refractivity contribution is 7.91. The maximum absolute atomic E-state index is 12.8. The largest absolute Gasteiger partial charge is 0.284 e. The third-order valence-corrected chi connectivity index (χ3v) is 7.76. The van der Waals surface area contributed by atoms with Crippen molar-refractivity contribution in [1.29, 1.82) is 0 Å². The molecule has 3 heterocycles. The number of sulfone groups is 1. The van der Waals surface area contributed by atoms with E-state index in [9.17, 15) is 28.1 Å². The number of carbonyl (C=O) groups excluding carboxylic acids is 2. The zero-order chi connectivity index (χ0) is 23.4. The molecule has 2 aromatic rings. The zero-order valence-electron chi connectivity index (χ0n) is 17.9. The van der Waals surface area contributed by atoms with Gasteiger partial charge in [0.05, 0.1) is 40.4 Å². The Morgan fingerprint density at radius 1 is 1.25 bits per heavy atom. The zero-order valence-corrected chi connectivity index (χ0v) is 18.8. The second-order valence-corrected chi connectivity index (χ2v) is 10.5. The molecule has 2 aliphatic heterocycles. The number of aryl methyl sites for hydroxylation is 1. The van der Waals surface area contributed by atoms with Crippen molar-refractivity contribution in [2.24, 2.45) is 0 Å². The van der Waals surface area contributed by atoms with Gasteiger partial charge < -0.3 is 0 Å². The van der Waals surface area contributed by atoms with Gasteiger partial charge in [0.15, 0.2) is 9.84 Å². The molecule has 1 aromatic heterocycles. The number of hydrogen-bond acceptors (Lipinski definition) is 8. The van der Waals surface area contributed by atoms with Gasteiger partial charge in [0, 0.05) is 23.9 Å². The number of carbonyl (C=O) groups is 2. The van der Waals surface area contributed by atoms with Gasteiger partial charge in [0.25, 0.3) is 17.5 Å². The quantitative estimate of drug-likeness (QED) is 0.358. The summed E-state index contributed by atoms with van der Waals surface area (Å²) in [6, 6.07) is 3.81. The Hall–Kier alpha value is -3.12. The lowest BCUT2D eigenvalue weighted by molar-refractivity contribution is -0.385. The lowest BCUT2D eigenvalue weighted by Crippen LogP contribution is -2.39. The van der Waals surface area contributed by atoms with E-state index in [0.29, 0.717) is 13.0 Å². The Labute approximate surface area is 184 Å².